The van der Waals surface area contributed by atoms with Crippen LogP contribution in [0.4, 0.5) is 0 Å². The van der Waals surface area contributed by atoms with Gasteiger partial charge in [0.25, 0.3) is 0 Å². The molecule has 1 heterocycles. The van der Waals surface area contributed by atoms with E-state index in [1.165, 1.54) is 43.5 Å². The van der Waals surface area contributed by atoms with Crippen molar-refractivity contribution in [2.45, 2.75) is 32.4 Å². The molecule has 0 atom stereocenters. The first-order valence-corrected chi connectivity index (χ1v) is 6.45. The minimum absolute atomic E-state index is 0.778. The number of nitrogens with zero attached hydrogens (tertiary/aromatic N) is 1. The van der Waals surface area contributed by atoms with Gasteiger partial charge in [0, 0.05) is 13.1 Å². The maximum absolute atomic E-state index is 4.93. The van der Waals surface area contributed by atoms with Crippen molar-refractivity contribution in [2.75, 3.05) is 20.2 Å². The maximum Gasteiger partial charge on any atom is 0.0572 e. The van der Waals surface area contributed by atoms with Gasteiger partial charge in [-0.05, 0) is 37.1 Å². The van der Waals surface area contributed by atoms with Gasteiger partial charge in [0.05, 0.1) is 7.11 Å². The van der Waals surface area contributed by atoms with E-state index < -0.39 is 0 Å². The van der Waals surface area contributed by atoms with E-state index >= 15 is 0 Å². The summed E-state index contributed by atoms with van der Waals surface area (Å²) in [5.74, 6) is 0. The van der Waals surface area contributed by atoms with Crippen molar-refractivity contribution in [3.05, 3.63) is 35.4 Å². The Labute approximate surface area is 104 Å². The zero-order valence-corrected chi connectivity index (χ0v) is 10.6. The molecule has 1 saturated heterocycles. The van der Waals surface area contributed by atoms with Crippen molar-refractivity contribution in [1.29, 1.82) is 0 Å². The lowest BCUT2D eigenvalue weighted by molar-refractivity contribution is 0.0862. The van der Waals surface area contributed by atoms with Crippen LogP contribution in [-0.2, 0) is 17.9 Å². The largest absolute Gasteiger partial charge is 0.305 e. The lowest BCUT2D eigenvalue weighted by atomic mass is 10.1. The van der Waals surface area contributed by atoms with E-state index in [0.29, 0.717) is 0 Å². The van der Waals surface area contributed by atoms with Gasteiger partial charge in [-0.2, -0.15) is 5.48 Å². The third-order valence-electron chi connectivity index (χ3n) is 3.37. The molecule has 0 aromatic heterocycles. The minimum atomic E-state index is 0.778. The minimum Gasteiger partial charge on any atom is -0.305 e. The second-order valence-electron chi connectivity index (χ2n) is 4.63. The fourth-order valence-electron chi connectivity index (χ4n) is 2.39. The number of nitrogens with one attached hydrogen (secondary N) is 1. The van der Waals surface area contributed by atoms with Crippen LogP contribution in [-0.4, -0.2) is 25.1 Å². The Morgan fingerprint density at radius 3 is 2.53 bits per heavy atom. The molecule has 0 saturated carbocycles. The zero-order chi connectivity index (χ0) is 11.9. The SMILES string of the molecule is CONCc1ccccc1CN1CCCCC1. The normalized spacial score (nSPS) is 17.2. The predicted molar refractivity (Wildman–Crippen MR) is 69.4 cm³/mol. The third kappa shape index (κ3) is 3.80. The molecule has 0 radical (unpaired) electrons. The van der Waals surface area contributed by atoms with Gasteiger partial charge >= 0.3 is 0 Å². The molecule has 3 nitrogen and oxygen atoms in total. The van der Waals surface area contributed by atoms with Crippen molar-refractivity contribution in [1.82, 2.24) is 10.4 Å². The van der Waals surface area contributed by atoms with Crippen LogP contribution in [0.3, 0.4) is 0 Å². The Balaban J connectivity index is 1.98. The van der Waals surface area contributed by atoms with Gasteiger partial charge in [-0.25, -0.2) is 0 Å². The molecular weight excluding hydrogens is 212 g/mol. The molecule has 2 rings (SSSR count). The number of piperidine rings is 1. The molecule has 3 heteroatoms. The first kappa shape index (κ1) is 12.6. The molecule has 0 bridgehead atoms. The first-order chi connectivity index (χ1) is 8.40. The Morgan fingerprint density at radius 1 is 1.12 bits per heavy atom. The molecule has 0 unspecified atom stereocenters. The fourth-order valence-corrected chi connectivity index (χ4v) is 2.39. The third-order valence-corrected chi connectivity index (χ3v) is 3.37. The highest BCUT2D eigenvalue weighted by molar-refractivity contribution is 5.26. The van der Waals surface area contributed by atoms with Crippen molar-refractivity contribution >= 4 is 0 Å². The highest BCUT2D eigenvalue weighted by atomic mass is 16.6. The van der Waals surface area contributed by atoms with Crippen LogP contribution in [0.25, 0.3) is 0 Å². The molecule has 1 N–H and O–H groups in total. The first-order valence-electron chi connectivity index (χ1n) is 6.45. The Hall–Kier alpha value is -0.900. The van der Waals surface area contributed by atoms with Crippen molar-refractivity contribution in [2.24, 2.45) is 0 Å². The molecule has 0 spiro atoms. The molecule has 17 heavy (non-hydrogen) atoms. The molecule has 1 aliphatic rings. The summed E-state index contributed by atoms with van der Waals surface area (Å²) in [5.41, 5.74) is 5.67. The van der Waals surface area contributed by atoms with Crippen LogP contribution in [0, 0.1) is 0 Å². The fraction of sp³-hybridized carbons (Fsp3) is 0.571. The Morgan fingerprint density at radius 2 is 1.82 bits per heavy atom. The highest BCUT2D eigenvalue weighted by Crippen LogP contribution is 2.16. The number of hydroxylamine groups is 1. The zero-order valence-electron chi connectivity index (χ0n) is 10.6. The van der Waals surface area contributed by atoms with Crippen molar-refractivity contribution in [3.8, 4) is 0 Å². The monoisotopic (exact) mass is 234 g/mol. The summed E-state index contributed by atoms with van der Waals surface area (Å²) < 4.78 is 0. The summed E-state index contributed by atoms with van der Waals surface area (Å²) in [5, 5.41) is 0. The average molecular weight is 234 g/mol. The van der Waals surface area contributed by atoms with Crippen molar-refractivity contribution < 1.29 is 4.84 Å². The van der Waals surface area contributed by atoms with Gasteiger partial charge in [0.15, 0.2) is 0 Å². The molecule has 1 aromatic rings. The lowest BCUT2D eigenvalue weighted by Gasteiger charge is -2.27. The molecule has 1 aromatic carbocycles. The molecule has 94 valence electrons. The number of hydrogen-bond donors (Lipinski definition) is 1. The van der Waals surface area contributed by atoms with Crippen LogP contribution >= 0.6 is 0 Å². The van der Waals surface area contributed by atoms with E-state index in [0.717, 1.165) is 13.1 Å². The van der Waals surface area contributed by atoms with Gasteiger partial charge in [-0.1, -0.05) is 30.7 Å². The summed E-state index contributed by atoms with van der Waals surface area (Å²) in [4.78, 5) is 7.48. The van der Waals surface area contributed by atoms with Gasteiger partial charge in [-0.15, -0.1) is 0 Å². The number of benzene rings is 1. The van der Waals surface area contributed by atoms with E-state index in [1.54, 1.807) is 7.11 Å². The van der Waals surface area contributed by atoms with E-state index in [9.17, 15) is 0 Å². The quantitative estimate of drug-likeness (QED) is 0.791. The lowest BCUT2D eigenvalue weighted by Crippen LogP contribution is -2.29. The Bertz CT molecular complexity index is 335. The van der Waals surface area contributed by atoms with Gasteiger partial charge < -0.3 is 4.84 Å². The number of likely N-dealkylation sites (tertiary alicyclic amines) is 1. The van der Waals surface area contributed by atoms with E-state index in [-0.39, 0.29) is 0 Å². The predicted octanol–water partition coefficient (Wildman–Crippen LogP) is 2.32. The molecular formula is C14H22N2O. The van der Waals surface area contributed by atoms with Crippen LogP contribution in [0.2, 0.25) is 0 Å². The summed E-state index contributed by atoms with van der Waals surface area (Å²) in [7, 11) is 1.66. The summed E-state index contributed by atoms with van der Waals surface area (Å²) in [6, 6.07) is 8.61. The highest BCUT2D eigenvalue weighted by Gasteiger charge is 2.11. The van der Waals surface area contributed by atoms with E-state index in [1.807, 2.05) is 0 Å². The molecule has 1 fully saturated rings. The van der Waals surface area contributed by atoms with Gasteiger partial charge in [0.1, 0.15) is 0 Å². The average Bonchev–Trinajstić information content (AvgIpc) is 2.39. The summed E-state index contributed by atoms with van der Waals surface area (Å²) in [6.45, 7) is 4.33. The standard InChI is InChI=1S/C14H22N2O/c1-17-15-11-13-7-3-4-8-14(13)12-16-9-5-2-6-10-16/h3-4,7-8,15H,2,5-6,9-12H2,1H3. The van der Waals surface area contributed by atoms with E-state index in [4.69, 9.17) is 4.84 Å². The summed E-state index contributed by atoms with van der Waals surface area (Å²) >= 11 is 0. The molecule has 0 amide bonds. The second-order valence-corrected chi connectivity index (χ2v) is 4.63. The van der Waals surface area contributed by atoms with Crippen LogP contribution in [0.1, 0.15) is 30.4 Å². The van der Waals surface area contributed by atoms with Gasteiger partial charge in [-0.3, -0.25) is 4.90 Å². The topological polar surface area (TPSA) is 24.5 Å². The smallest absolute Gasteiger partial charge is 0.0572 e. The van der Waals surface area contributed by atoms with Crippen LogP contribution in [0.15, 0.2) is 24.3 Å². The maximum atomic E-state index is 4.93. The van der Waals surface area contributed by atoms with Crippen molar-refractivity contribution in [3.63, 3.8) is 0 Å². The van der Waals surface area contributed by atoms with E-state index in [2.05, 4.69) is 34.6 Å². The second kappa shape index (κ2) is 6.74. The molecule has 1 aliphatic heterocycles. The van der Waals surface area contributed by atoms with Crippen LogP contribution < -0.4 is 5.48 Å². The van der Waals surface area contributed by atoms with Gasteiger partial charge in [0.2, 0.25) is 0 Å². The Kier molecular flexibility index (Phi) is 4.98. The number of hydrogen-bond acceptors (Lipinski definition) is 3. The van der Waals surface area contributed by atoms with Crippen LogP contribution in [0.5, 0.6) is 0 Å². The summed E-state index contributed by atoms with van der Waals surface area (Å²) in [6.07, 6.45) is 4.08. The molecule has 0 aliphatic carbocycles. The number of rotatable bonds is 5.